The molecular weight excluding hydrogens is 164 g/mol. The third kappa shape index (κ3) is 1.37. The molecule has 1 atom stereocenters. The molecule has 0 amide bonds. The van der Waals surface area contributed by atoms with E-state index in [1.54, 1.807) is 0 Å². The summed E-state index contributed by atoms with van der Waals surface area (Å²) < 4.78 is 0. The second kappa shape index (κ2) is 3.09. The maximum Gasteiger partial charge on any atom is 0.198 e. The van der Waals surface area contributed by atoms with Gasteiger partial charge in [0, 0.05) is 12.6 Å². The zero-order valence-corrected chi connectivity index (χ0v) is 7.77. The third-order valence-corrected chi connectivity index (χ3v) is 2.20. The van der Waals surface area contributed by atoms with Crippen molar-refractivity contribution < 1.29 is 4.84 Å². The molecule has 0 aliphatic carbocycles. The molecule has 13 heavy (non-hydrogen) atoms. The first-order chi connectivity index (χ1) is 6.29. The minimum Gasteiger partial charge on any atom is -0.369 e. The fraction of sp³-hybridized carbons (Fsp3) is 0.300. The molecule has 1 aromatic carbocycles. The first-order valence-corrected chi connectivity index (χ1v) is 4.31. The van der Waals surface area contributed by atoms with E-state index in [4.69, 9.17) is 4.84 Å². The van der Waals surface area contributed by atoms with Crippen LogP contribution in [0.2, 0.25) is 0 Å². The minimum absolute atomic E-state index is 0.0372. The largest absolute Gasteiger partial charge is 0.369 e. The van der Waals surface area contributed by atoms with Crippen LogP contribution in [0.5, 0.6) is 0 Å². The predicted octanol–water partition coefficient (Wildman–Crippen LogP) is 1.66. The summed E-state index contributed by atoms with van der Waals surface area (Å²) in [5.74, 6) is 0.896. The molecular formula is C10H12N2O. The molecule has 0 saturated heterocycles. The number of nitrogens with zero attached hydrogens (tertiary/aromatic N) is 2. The average Bonchev–Trinajstić information content (AvgIpc) is 2.49. The lowest BCUT2D eigenvalue weighted by Gasteiger charge is -2.16. The highest BCUT2D eigenvalue weighted by molar-refractivity contribution is 5.98. The van der Waals surface area contributed by atoms with Crippen molar-refractivity contribution in [1.29, 1.82) is 0 Å². The van der Waals surface area contributed by atoms with Crippen molar-refractivity contribution in [1.82, 2.24) is 4.90 Å². The second-order valence-corrected chi connectivity index (χ2v) is 3.10. The van der Waals surface area contributed by atoms with Crippen LogP contribution in [0, 0.1) is 0 Å². The topological polar surface area (TPSA) is 24.8 Å². The maximum atomic E-state index is 5.15. The van der Waals surface area contributed by atoms with Crippen LogP contribution in [0.4, 0.5) is 0 Å². The summed E-state index contributed by atoms with van der Waals surface area (Å²) >= 11 is 0. The van der Waals surface area contributed by atoms with Crippen molar-refractivity contribution in [2.45, 2.75) is 13.2 Å². The normalized spacial score (nSPS) is 21.2. The Hall–Kier alpha value is -1.51. The lowest BCUT2D eigenvalue weighted by molar-refractivity contribution is 0.0354. The van der Waals surface area contributed by atoms with Gasteiger partial charge in [0.15, 0.2) is 12.1 Å². The van der Waals surface area contributed by atoms with E-state index in [0.717, 1.165) is 11.4 Å². The third-order valence-electron chi connectivity index (χ3n) is 2.20. The molecule has 0 spiro atoms. The van der Waals surface area contributed by atoms with Crippen LogP contribution < -0.4 is 0 Å². The molecule has 0 bridgehead atoms. The number of oxime groups is 1. The zero-order chi connectivity index (χ0) is 9.26. The minimum atomic E-state index is 0.0372. The average molecular weight is 176 g/mol. The Labute approximate surface area is 77.6 Å². The molecule has 68 valence electrons. The Morgan fingerprint density at radius 2 is 2.00 bits per heavy atom. The number of hydrogen-bond acceptors (Lipinski definition) is 3. The van der Waals surface area contributed by atoms with Crippen LogP contribution in [0.1, 0.15) is 12.5 Å². The summed E-state index contributed by atoms with van der Waals surface area (Å²) in [7, 11) is 1.98. The molecule has 0 saturated carbocycles. The van der Waals surface area contributed by atoms with Gasteiger partial charge in [-0.25, -0.2) is 0 Å². The van der Waals surface area contributed by atoms with Crippen LogP contribution in [0.3, 0.4) is 0 Å². The van der Waals surface area contributed by atoms with Crippen molar-refractivity contribution in [3.05, 3.63) is 35.9 Å². The fourth-order valence-corrected chi connectivity index (χ4v) is 1.28. The second-order valence-electron chi connectivity index (χ2n) is 3.10. The van der Waals surface area contributed by atoms with Gasteiger partial charge < -0.3 is 9.74 Å². The molecule has 0 radical (unpaired) electrons. The molecule has 1 heterocycles. The van der Waals surface area contributed by atoms with Gasteiger partial charge in [0.1, 0.15) is 0 Å². The van der Waals surface area contributed by atoms with Gasteiger partial charge in [0.25, 0.3) is 0 Å². The molecule has 0 fully saturated rings. The Kier molecular flexibility index (Phi) is 1.93. The van der Waals surface area contributed by atoms with E-state index in [0.29, 0.717) is 0 Å². The smallest absolute Gasteiger partial charge is 0.198 e. The molecule has 0 aromatic heterocycles. The Morgan fingerprint density at radius 3 is 2.54 bits per heavy atom. The first-order valence-electron chi connectivity index (χ1n) is 4.31. The summed E-state index contributed by atoms with van der Waals surface area (Å²) in [6.45, 7) is 1.97. The molecule has 1 unspecified atom stereocenters. The van der Waals surface area contributed by atoms with E-state index in [-0.39, 0.29) is 6.23 Å². The number of amidine groups is 1. The predicted molar refractivity (Wildman–Crippen MR) is 51.3 cm³/mol. The first kappa shape index (κ1) is 8.10. The Balaban J connectivity index is 2.29. The monoisotopic (exact) mass is 176 g/mol. The molecule has 0 N–H and O–H groups in total. The van der Waals surface area contributed by atoms with Gasteiger partial charge in [0.2, 0.25) is 0 Å². The number of rotatable bonds is 1. The number of hydrogen-bond donors (Lipinski definition) is 0. The lowest BCUT2D eigenvalue weighted by Crippen LogP contribution is -2.30. The van der Waals surface area contributed by atoms with Gasteiger partial charge in [-0.2, -0.15) is 0 Å². The van der Waals surface area contributed by atoms with Crippen LogP contribution in [0.15, 0.2) is 35.5 Å². The van der Waals surface area contributed by atoms with Gasteiger partial charge in [0.05, 0.1) is 0 Å². The molecule has 1 aliphatic rings. The van der Waals surface area contributed by atoms with Crippen molar-refractivity contribution in [3.63, 3.8) is 0 Å². The summed E-state index contributed by atoms with van der Waals surface area (Å²) in [5.41, 5.74) is 1.09. The highest BCUT2D eigenvalue weighted by atomic mass is 16.7. The van der Waals surface area contributed by atoms with Crippen LogP contribution in [-0.4, -0.2) is 24.0 Å². The van der Waals surface area contributed by atoms with Crippen molar-refractivity contribution >= 4 is 5.84 Å². The quantitative estimate of drug-likeness (QED) is 0.650. The summed E-state index contributed by atoms with van der Waals surface area (Å²) in [6.07, 6.45) is 0.0372. The maximum absolute atomic E-state index is 5.15. The van der Waals surface area contributed by atoms with E-state index in [9.17, 15) is 0 Å². The Bertz CT molecular complexity index is 321. The van der Waals surface area contributed by atoms with Gasteiger partial charge in [-0.3, -0.25) is 0 Å². The van der Waals surface area contributed by atoms with E-state index >= 15 is 0 Å². The van der Waals surface area contributed by atoms with Crippen LogP contribution >= 0.6 is 0 Å². The fourth-order valence-electron chi connectivity index (χ4n) is 1.28. The Morgan fingerprint density at radius 1 is 1.31 bits per heavy atom. The SMILES string of the molecule is CC1ON=C(c2ccccc2)N1C. The molecule has 1 aromatic rings. The van der Waals surface area contributed by atoms with E-state index in [1.807, 2.05) is 49.2 Å². The standard InChI is InChI=1S/C10H12N2O/c1-8-12(2)10(11-13-8)9-6-4-3-5-7-9/h3-8H,1-2H3. The van der Waals surface area contributed by atoms with Gasteiger partial charge in [-0.05, 0) is 6.92 Å². The lowest BCUT2D eigenvalue weighted by atomic mass is 10.2. The molecule has 1 aliphatic heterocycles. The van der Waals surface area contributed by atoms with E-state index in [2.05, 4.69) is 5.16 Å². The highest BCUT2D eigenvalue weighted by Crippen LogP contribution is 2.14. The summed E-state index contributed by atoms with van der Waals surface area (Å²) in [5, 5.41) is 4.01. The summed E-state index contributed by atoms with van der Waals surface area (Å²) in [6, 6.07) is 10.0. The van der Waals surface area contributed by atoms with Crippen molar-refractivity contribution in [3.8, 4) is 0 Å². The highest BCUT2D eigenvalue weighted by Gasteiger charge is 2.22. The van der Waals surface area contributed by atoms with Gasteiger partial charge in [-0.1, -0.05) is 35.5 Å². The molecule has 3 heteroatoms. The van der Waals surface area contributed by atoms with Crippen molar-refractivity contribution in [2.24, 2.45) is 5.16 Å². The summed E-state index contributed by atoms with van der Waals surface area (Å²) in [4.78, 5) is 7.16. The van der Waals surface area contributed by atoms with Crippen molar-refractivity contribution in [2.75, 3.05) is 7.05 Å². The molecule has 2 rings (SSSR count). The van der Waals surface area contributed by atoms with Crippen LogP contribution in [0.25, 0.3) is 0 Å². The molecule has 3 nitrogen and oxygen atoms in total. The van der Waals surface area contributed by atoms with Crippen LogP contribution in [-0.2, 0) is 4.84 Å². The van der Waals surface area contributed by atoms with Gasteiger partial charge in [-0.15, -0.1) is 0 Å². The van der Waals surface area contributed by atoms with Gasteiger partial charge >= 0.3 is 0 Å². The number of benzene rings is 1. The zero-order valence-electron chi connectivity index (χ0n) is 7.77. The van der Waals surface area contributed by atoms with E-state index in [1.165, 1.54) is 0 Å². The van der Waals surface area contributed by atoms with E-state index < -0.39 is 0 Å².